The molecule has 2 N–H and O–H groups in total. The summed E-state index contributed by atoms with van der Waals surface area (Å²) in [6, 6.07) is 14.3. The van der Waals surface area contributed by atoms with E-state index in [0.29, 0.717) is 5.82 Å². The number of benzene rings is 2. The molecule has 3 aromatic rings. The Bertz CT molecular complexity index is 781. The fourth-order valence-corrected chi connectivity index (χ4v) is 2.43. The molecule has 0 aliphatic heterocycles. The van der Waals surface area contributed by atoms with E-state index in [1.807, 2.05) is 31.3 Å². The smallest absolute Gasteiger partial charge is 0.126 e. The number of aromatic nitrogens is 1. The number of nitrogens with zero attached hydrogens (tertiary/aromatic N) is 1. The highest BCUT2D eigenvalue weighted by molar-refractivity contribution is 6.00. The molecule has 0 saturated carbocycles. The minimum atomic E-state index is 0.576. The Balaban J connectivity index is 2.29. The zero-order valence-electron chi connectivity index (χ0n) is 11.6. The molecule has 3 nitrogen and oxygen atoms in total. The van der Waals surface area contributed by atoms with Gasteiger partial charge in [0.05, 0.1) is 7.11 Å². The second-order valence-electron chi connectivity index (χ2n) is 4.79. The molecule has 0 spiro atoms. The molecule has 3 heteroatoms. The molecule has 0 unspecified atom stereocenters. The van der Waals surface area contributed by atoms with Gasteiger partial charge in [0, 0.05) is 17.1 Å². The molecule has 20 heavy (non-hydrogen) atoms. The number of nitrogen functional groups attached to an aromatic ring is 1. The van der Waals surface area contributed by atoms with E-state index in [4.69, 9.17) is 10.5 Å². The van der Waals surface area contributed by atoms with Crippen LogP contribution < -0.4 is 10.5 Å². The van der Waals surface area contributed by atoms with E-state index in [1.165, 1.54) is 0 Å². The molecule has 1 heterocycles. The summed E-state index contributed by atoms with van der Waals surface area (Å²) in [5, 5.41) is 2.25. The van der Waals surface area contributed by atoms with Gasteiger partial charge in [-0.1, -0.05) is 24.3 Å². The fourth-order valence-electron chi connectivity index (χ4n) is 2.43. The Morgan fingerprint density at radius 3 is 2.50 bits per heavy atom. The predicted molar refractivity (Wildman–Crippen MR) is 82.9 cm³/mol. The number of rotatable bonds is 2. The number of fused-ring (bicyclic) bond motifs is 1. The highest BCUT2D eigenvalue weighted by Gasteiger charge is 2.09. The summed E-state index contributed by atoms with van der Waals surface area (Å²) in [5.41, 5.74) is 8.98. The van der Waals surface area contributed by atoms with Crippen molar-refractivity contribution in [1.82, 2.24) is 4.98 Å². The zero-order valence-corrected chi connectivity index (χ0v) is 11.6. The third-order valence-corrected chi connectivity index (χ3v) is 3.53. The van der Waals surface area contributed by atoms with Crippen molar-refractivity contribution < 1.29 is 4.74 Å². The number of pyridine rings is 1. The van der Waals surface area contributed by atoms with Crippen molar-refractivity contribution in [3.05, 3.63) is 54.2 Å². The zero-order chi connectivity index (χ0) is 14.1. The quantitative estimate of drug-likeness (QED) is 0.765. The lowest BCUT2D eigenvalue weighted by molar-refractivity contribution is 0.420. The van der Waals surface area contributed by atoms with E-state index in [2.05, 4.69) is 29.2 Å². The molecule has 0 fully saturated rings. The first-order valence-electron chi connectivity index (χ1n) is 6.49. The van der Waals surface area contributed by atoms with Gasteiger partial charge in [-0.25, -0.2) is 4.98 Å². The van der Waals surface area contributed by atoms with Gasteiger partial charge in [0.25, 0.3) is 0 Å². The van der Waals surface area contributed by atoms with Gasteiger partial charge in [0.2, 0.25) is 0 Å². The topological polar surface area (TPSA) is 48.1 Å². The standard InChI is InChI=1S/C17H16N2O/c1-11-9-12(10-19-17(11)18)13-7-8-16(20-2)15-6-4-3-5-14(13)15/h3-10H,1-2H3,(H2,18,19). The van der Waals surface area contributed by atoms with Gasteiger partial charge in [0.1, 0.15) is 11.6 Å². The molecule has 2 aromatic carbocycles. The predicted octanol–water partition coefficient (Wildman–Crippen LogP) is 3.80. The summed E-state index contributed by atoms with van der Waals surface area (Å²) in [6.07, 6.45) is 1.82. The third kappa shape index (κ3) is 1.97. The normalized spacial score (nSPS) is 10.7. The summed E-state index contributed by atoms with van der Waals surface area (Å²) in [4.78, 5) is 4.25. The van der Waals surface area contributed by atoms with Gasteiger partial charge >= 0.3 is 0 Å². The monoisotopic (exact) mass is 264 g/mol. The Kier molecular flexibility index (Phi) is 3.03. The van der Waals surface area contributed by atoms with Gasteiger partial charge in [-0.15, -0.1) is 0 Å². The highest BCUT2D eigenvalue weighted by Crippen LogP contribution is 2.34. The molecule has 100 valence electrons. The minimum Gasteiger partial charge on any atom is -0.496 e. The lowest BCUT2D eigenvalue weighted by Gasteiger charge is -2.11. The van der Waals surface area contributed by atoms with E-state index in [1.54, 1.807) is 7.11 Å². The number of methoxy groups -OCH3 is 1. The molecule has 0 radical (unpaired) electrons. The van der Waals surface area contributed by atoms with Crippen LogP contribution >= 0.6 is 0 Å². The second-order valence-corrected chi connectivity index (χ2v) is 4.79. The van der Waals surface area contributed by atoms with Crippen molar-refractivity contribution in [2.75, 3.05) is 12.8 Å². The van der Waals surface area contributed by atoms with Gasteiger partial charge in [-0.2, -0.15) is 0 Å². The summed E-state index contributed by atoms with van der Waals surface area (Å²) in [5.74, 6) is 1.45. The van der Waals surface area contributed by atoms with E-state index >= 15 is 0 Å². The van der Waals surface area contributed by atoms with Gasteiger partial charge in [-0.05, 0) is 41.6 Å². The first kappa shape index (κ1) is 12.5. The maximum Gasteiger partial charge on any atom is 0.126 e. The largest absolute Gasteiger partial charge is 0.496 e. The molecule has 0 aliphatic rings. The van der Waals surface area contributed by atoms with Crippen LogP contribution in [0.5, 0.6) is 5.75 Å². The lowest BCUT2D eigenvalue weighted by atomic mass is 9.98. The molecule has 0 bridgehead atoms. The van der Waals surface area contributed by atoms with Crippen LogP contribution in [0.25, 0.3) is 21.9 Å². The van der Waals surface area contributed by atoms with Crippen LogP contribution in [0.4, 0.5) is 5.82 Å². The van der Waals surface area contributed by atoms with Crippen molar-refractivity contribution in [3.63, 3.8) is 0 Å². The average molecular weight is 264 g/mol. The Morgan fingerprint density at radius 2 is 1.80 bits per heavy atom. The number of hydrogen-bond donors (Lipinski definition) is 1. The van der Waals surface area contributed by atoms with E-state index in [-0.39, 0.29) is 0 Å². The van der Waals surface area contributed by atoms with Crippen LogP contribution in [0.2, 0.25) is 0 Å². The maximum atomic E-state index is 5.79. The lowest BCUT2D eigenvalue weighted by Crippen LogP contribution is -1.94. The van der Waals surface area contributed by atoms with Crippen LogP contribution in [-0.2, 0) is 0 Å². The molecule has 3 rings (SSSR count). The Morgan fingerprint density at radius 1 is 1.05 bits per heavy atom. The van der Waals surface area contributed by atoms with Crippen LogP contribution in [0.1, 0.15) is 5.56 Å². The van der Waals surface area contributed by atoms with Crippen molar-refractivity contribution in [2.24, 2.45) is 0 Å². The van der Waals surface area contributed by atoms with Crippen molar-refractivity contribution in [1.29, 1.82) is 0 Å². The first-order chi connectivity index (χ1) is 9.70. The number of ether oxygens (including phenoxy) is 1. The molecule has 0 atom stereocenters. The Labute approximate surface area is 118 Å². The number of hydrogen-bond acceptors (Lipinski definition) is 3. The molecular formula is C17H16N2O. The Hall–Kier alpha value is -2.55. The van der Waals surface area contributed by atoms with Gasteiger partial charge in [0.15, 0.2) is 0 Å². The molecule has 0 amide bonds. The number of nitrogens with two attached hydrogens (primary N) is 1. The van der Waals surface area contributed by atoms with E-state index in [9.17, 15) is 0 Å². The average Bonchev–Trinajstić information content (AvgIpc) is 2.49. The van der Waals surface area contributed by atoms with Crippen LogP contribution in [0.15, 0.2) is 48.7 Å². The number of anilines is 1. The summed E-state index contributed by atoms with van der Waals surface area (Å²) in [7, 11) is 1.69. The van der Waals surface area contributed by atoms with Crippen LogP contribution in [0, 0.1) is 6.92 Å². The second kappa shape index (κ2) is 4.85. The molecule has 1 aromatic heterocycles. The molecule has 0 aliphatic carbocycles. The first-order valence-corrected chi connectivity index (χ1v) is 6.49. The minimum absolute atomic E-state index is 0.576. The van der Waals surface area contributed by atoms with E-state index < -0.39 is 0 Å². The summed E-state index contributed by atoms with van der Waals surface area (Å²) >= 11 is 0. The highest BCUT2D eigenvalue weighted by atomic mass is 16.5. The SMILES string of the molecule is COc1ccc(-c2cnc(N)c(C)c2)c2ccccc12. The van der Waals surface area contributed by atoms with Crippen molar-refractivity contribution in [3.8, 4) is 16.9 Å². The van der Waals surface area contributed by atoms with Crippen molar-refractivity contribution in [2.45, 2.75) is 6.92 Å². The third-order valence-electron chi connectivity index (χ3n) is 3.53. The summed E-state index contributed by atoms with van der Waals surface area (Å²) in [6.45, 7) is 1.97. The van der Waals surface area contributed by atoms with Crippen LogP contribution in [0.3, 0.4) is 0 Å². The molecule has 0 saturated heterocycles. The maximum absolute atomic E-state index is 5.79. The number of aryl methyl sites for hydroxylation is 1. The van der Waals surface area contributed by atoms with Crippen molar-refractivity contribution >= 4 is 16.6 Å². The van der Waals surface area contributed by atoms with Gasteiger partial charge in [-0.3, -0.25) is 0 Å². The van der Waals surface area contributed by atoms with Crippen LogP contribution in [-0.4, -0.2) is 12.1 Å². The summed E-state index contributed by atoms with van der Waals surface area (Å²) < 4.78 is 5.43. The fraction of sp³-hybridized carbons (Fsp3) is 0.118. The molecular weight excluding hydrogens is 248 g/mol. The van der Waals surface area contributed by atoms with E-state index in [0.717, 1.165) is 33.2 Å². The van der Waals surface area contributed by atoms with Gasteiger partial charge < -0.3 is 10.5 Å².